The van der Waals surface area contributed by atoms with E-state index in [0.29, 0.717) is 0 Å². The summed E-state index contributed by atoms with van der Waals surface area (Å²) in [4.78, 5) is 0. The largest absolute Gasteiger partial charge is 0.0856 e. The molecule has 0 amide bonds. The van der Waals surface area contributed by atoms with Crippen LogP contribution in [0.15, 0.2) is 23.3 Å². The molecular formula is C12H20. The van der Waals surface area contributed by atoms with Crippen LogP contribution in [0, 0.1) is 0 Å². The second-order valence-corrected chi connectivity index (χ2v) is 3.75. The van der Waals surface area contributed by atoms with Crippen LogP contribution in [0.25, 0.3) is 0 Å². The Morgan fingerprint density at radius 2 is 2.50 bits per heavy atom. The molecule has 1 aliphatic rings. The van der Waals surface area contributed by atoms with Crippen molar-refractivity contribution >= 4 is 0 Å². The van der Waals surface area contributed by atoms with Crippen molar-refractivity contribution in [1.82, 2.24) is 0 Å². The van der Waals surface area contributed by atoms with E-state index < -0.39 is 0 Å². The molecule has 0 saturated heterocycles. The lowest BCUT2D eigenvalue weighted by atomic mass is 9.96. The third-order valence-corrected chi connectivity index (χ3v) is 2.26. The summed E-state index contributed by atoms with van der Waals surface area (Å²) in [5, 5.41) is 0. The molecule has 0 heteroatoms. The SMILES string of the molecule is [2H]C1CC=C(CCC=C(C)C)CC1. The number of rotatable bonds is 3. The second kappa shape index (κ2) is 5.18. The van der Waals surface area contributed by atoms with Crippen LogP contribution in [0.5, 0.6) is 0 Å². The van der Waals surface area contributed by atoms with Gasteiger partial charge in [0.1, 0.15) is 0 Å². The maximum Gasteiger partial charge on any atom is 0.0270 e. The third kappa shape index (κ3) is 3.75. The molecule has 12 heavy (non-hydrogen) atoms. The van der Waals surface area contributed by atoms with Gasteiger partial charge < -0.3 is 0 Å². The van der Waals surface area contributed by atoms with E-state index in [4.69, 9.17) is 1.37 Å². The number of hydrogen-bond acceptors (Lipinski definition) is 0. The van der Waals surface area contributed by atoms with E-state index in [-0.39, 0.29) is 6.40 Å². The minimum atomic E-state index is 0.173. The highest BCUT2D eigenvalue weighted by Crippen LogP contribution is 2.21. The van der Waals surface area contributed by atoms with Crippen LogP contribution in [0.1, 0.15) is 53.7 Å². The summed E-state index contributed by atoms with van der Waals surface area (Å²) < 4.78 is 7.55. The molecule has 0 N–H and O–H groups in total. The van der Waals surface area contributed by atoms with Gasteiger partial charge in [0.05, 0.1) is 0 Å². The first-order chi connectivity index (χ1) is 6.18. The molecule has 0 aromatic heterocycles. The average molecular weight is 165 g/mol. The molecule has 0 aromatic carbocycles. The van der Waals surface area contributed by atoms with Crippen molar-refractivity contribution in [2.75, 3.05) is 0 Å². The van der Waals surface area contributed by atoms with Gasteiger partial charge in [0.25, 0.3) is 0 Å². The predicted octanol–water partition coefficient (Wildman–Crippen LogP) is 4.23. The van der Waals surface area contributed by atoms with Crippen LogP contribution in [-0.4, -0.2) is 0 Å². The summed E-state index contributed by atoms with van der Waals surface area (Å²) in [5.41, 5.74) is 2.98. The Balaban J connectivity index is 2.26. The average Bonchev–Trinajstić information content (AvgIpc) is 2.08. The molecule has 1 atom stereocenters. The maximum absolute atomic E-state index is 7.55. The Morgan fingerprint density at radius 1 is 1.67 bits per heavy atom. The normalized spacial score (nSPS) is 24.3. The molecule has 0 heterocycles. The van der Waals surface area contributed by atoms with Crippen molar-refractivity contribution in [3.8, 4) is 0 Å². The molecule has 0 aliphatic heterocycles. The van der Waals surface area contributed by atoms with Gasteiger partial charge in [-0.15, -0.1) is 0 Å². The van der Waals surface area contributed by atoms with Crippen molar-refractivity contribution in [2.45, 2.75) is 52.3 Å². The van der Waals surface area contributed by atoms with Crippen molar-refractivity contribution in [3.63, 3.8) is 0 Å². The van der Waals surface area contributed by atoms with Crippen LogP contribution < -0.4 is 0 Å². The molecular weight excluding hydrogens is 144 g/mol. The second-order valence-electron chi connectivity index (χ2n) is 3.75. The number of allylic oxidation sites excluding steroid dienone is 4. The lowest BCUT2D eigenvalue weighted by Gasteiger charge is -2.11. The first-order valence-electron chi connectivity index (χ1n) is 5.49. The fraction of sp³-hybridized carbons (Fsp3) is 0.667. The summed E-state index contributed by atoms with van der Waals surface area (Å²) in [6.45, 7) is 4.30. The van der Waals surface area contributed by atoms with Gasteiger partial charge in [0.2, 0.25) is 0 Å². The minimum Gasteiger partial charge on any atom is -0.0856 e. The lowest BCUT2D eigenvalue weighted by Crippen LogP contribution is -1.91. The monoisotopic (exact) mass is 165 g/mol. The van der Waals surface area contributed by atoms with Crippen molar-refractivity contribution < 1.29 is 1.37 Å². The summed E-state index contributed by atoms with van der Waals surface area (Å²) in [5.74, 6) is 0. The highest BCUT2D eigenvalue weighted by atomic mass is 14.1. The molecule has 0 fully saturated rings. The molecule has 0 spiro atoms. The summed E-state index contributed by atoms with van der Waals surface area (Å²) in [7, 11) is 0. The van der Waals surface area contributed by atoms with Gasteiger partial charge >= 0.3 is 0 Å². The van der Waals surface area contributed by atoms with E-state index in [2.05, 4.69) is 26.0 Å². The molecule has 1 rings (SSSR count). The smallest absolute Gasteiger partial charge is 0.0270 e. The van der Waals surface area contributed by atoms with Crippen molar-refractivity contribution in [3.05, 3.63) is 23.3 Å². The first kappa shape index (κ1) is 8.10. The summed E-state index contributed by atoms with van der Waals surface area (Å²) >= 11 is 0. The Bertz CT molecular complexity index is 209. The molecule has 1 aliphatic carbocycles. The van der Waals surface area contributed by atoms with Crippen molar-refractivity contribution in [2.24, 2.45) is 0 Å². The Hall–Kier alpha value is -0.520. The van der Waals surface area contributed by atoms with Gasteiger partial charge in [-0.3, -0.25) is 0 Å². The van der Waals surface area contributed by atoms with Crippen LogP contribution in [0.3, 0.4) is 0 Å². The maximum atomic E-state index is 7.55. The van der Waals surface area contributed by atoms with E-state index in [1.807, 2.05) is 0 Å². The van der Waals surface area contributed by atoms with Crippen LogP contribution in [-0.2, 0) is 0 Å². The van der Waals surface area contributed by atoms with Gasteiger partial charge in [0, 0.05) is 1.37 Å². The Morgan fingerprint density at radius 3 is 3.08 bits per heavy atom. The zero-order chi connectivity index (χ0) is 9.68. The minimum absolute atomic E-state index is 0.173. The van der Waals surface area contributed by atoms with E-state index >= 15 is 0 Å². The quantitative estimate of drug-likeness (QED) is 0.549. The lowest BCUT2D eigenvalue weighted by molar-refractivity contribution is 0.676. The zero-order valence-corrected chi connectivity index (χ0v) is 8.27. The molecule has 0 bridgehead atoms. The fourth-order valence-corrected chi connectivity index (χ4v) is 1.53. The first-order valence-corrected chi connectivity index (χ1v) is 4.92. The van der Waals surface area contributed by atoms with E-state index in [9.17, 15) is 0 Å². The van der Waals surface area contributed by atoms with Gasteiger partial charge in [-0.05, 0) is 52.3 Å². The van der Waals surface area contributed by atoms with E-state index in [1.54, 1.807) is 5.57 Å². The Kier molecular flexibility index (Phi) is 3.50. The fourth-order valence-electron chi connectivity index (χ4n) is 1.53. The topological polar surface area (TPSA) is 0 Å². The Labute approximate surface area is 77.8 Å². The predicted molar refractivity (Wildman–Crippen MR) is 55.2 cm³/mol. The van der Waals surface area contributed by atoms with Gasteiger partial charge in [0.15, 0.2) is 0 Å². The van der Waals surface area contributed by atoms with E-state index in [0.717, 1.165) is 19.3 Å². The molecule has 0 saturated carbocycles. The highest BCUT2D eigenvalue weighted by Gasteiger charge is 2.01. The van der Waals surface area contributed by atoms with Gasteiger partial charge in [-0.2, -0.15) is 0 Å². The molecule has 68 valence electrons. The standard InChI is InChI=1S/C12H20/c1-11(2)7-6-10-12-8-4-3-5-9-12/h7-8H,3-6,9-10H2,1-2H3/i3D. The zero-order valence-electron chi connectivity index (χ0n) is 9.27. The van der Waals surface area contributed by atoms with Crippen LogP contribution >= 0.6 is 0 Å². The highest BCUT2D eigenvalue weighted by molar-refractivity contribution is 5.07. The van der Waals surface area contributed by atoms with Gasteiger partial charge in [-0.1, -0.05) is 23.3 Å². The van der Waals surface area contributed by atoms with Crippen molar-refractivity contribution in [1.29, 1.82) is 0 Å². The third-order valence-electron chi connectivity index (χ3n) is 2.26. The summed E-state index contributed by atoms with van der Waals surface area (Å²) in [6.07, 6.45) is 10.3. The van der Waals surface area contributed by atoms with Crippen LogP contribution in [0.2, 0.25) is 0 Å². The number of hydrogen-bond donors (Lipinski definition) is 0. The molecule has 1 unspecified atom stereocenters. The van der Waals surface area contributed by atoms with Crippen LogP contribution in [0.4, 0.5) is 0 Å². The van der Waals surface area contributed by atoms with E-state index in [1.165, 1.54) is 18.4 Å². The van der Waals surface area contributed by atoms with Gasteiger partial charge in [-0.25, -0.2) is 0 Å². The summed E-state index contributed by atoms with van der Waals surface area (Å²) in [6, 6.07) is 0. The molecule has 0 nitrogen and oxygen atoms in total. The molecule has 0 aromatic rings. The molecule has 0 radical (unpaired) electrons.